The fraction of sp³-hybridized carbons (Fsp3) is 0.389. The van der Waals surface area contributed by atoms with Gasteiger partial charge in [-0.15, -0.1) is 0 Å². The predicted molar refractivity (Wildman–Crippen MR) is 93.2 cm³/mol. The highest BCUT2D eigenvalue weighted by Gasteiger charge is 2.29. The molecule has 3 heteroatoms. The summed E-state index contributed by atoms with van der Waals surface area (Å²) in [6.07, 6.45) is 5.38. The number of nitrogens with one attached hydrogen (secondary N) is 1. The van der Waals surface area contributed by atoms with E-state index in [2.05, 4.69) is 47.8 Å². The van der Waals surface area contributed by atoms with Gasteiger partial charge in [-0.1, -0.05) is 54.9 Å². The van der Waals surface area contributed by atoms with E-state index in [1.54, 1.807) is 0 Å². The Hall–Kier alpha value is -1.48. The quantitative estimate of drug-likeness (QED) is 0.808. The van der Waals surface area contributed by atoms with Crippen LogP contribution >= 0.6 is 11.8 Å². The molecule has 21 heavy (non-hydrogen) atoms. The van der Waals surface area contributed by atoms with E-state index < -0.39 is 0 Å². The molecule has 2 unspecified atom stereocenters. The fourth-order valence-electron chi connectivity index (χ4n) is 3.39. The summed E-state index contributed by atoms with van der Waals surface area (Å²) in [4.78, 5) is 4.95. The van der Waals surface area contributed by atoms with Gasteiger partial charge in [-0.05, 0) is 41.7 Å². The van der Waals surface area contributed by atoms with Crippen molar-refractivity contribution in [3.63, 3.8) is 0 Å². The van der Waals surface area contributed by atoms with Crippen LogP contribution in [0.5, 0.6) is 0 Å². The summed E-state index contributed by atoms with van der Waals surface area (Å²) in [6, 6.07) is 15.6. The summed E-state index contributed by atoms with van der Waals surface area (Å²) in [7, 11) is 0. The predicted octanol–water partition coefficient (Wildman–Crippen LogP) is 4.91. The maximum atomic E-state index is 4.95. The highest BCUT2D eigenvalue weighted by molar-refractivity contribution is 8.14. The second kappa shape index (κ2) is 5.72. The highest BCUT2D eigenvalue weighted by atomic mass is 32.2. The first kappa shape index (κ1) is 13.2. The van der Waals surface area contributed by atoms with Crippen LogP contribution in [0.1, 0.15) is 25.7 Å². The van der Waals surface area contributed by atoms with Crippen LogP contribution in [0.15, 0.2) is 47.5 Å². The molecule has 1 fully saturated rings. The molecule has 1 aliphatic carbocycles. The maximum Gasteiger partial charge on any atom is 0.161 e. The maximum absolute atomic E-state index is 4.95. The number of anilines is 1. The Labute approximate surface area is 130 Å². The lowest BCUT2D eigenvalue weighted by Crippen LogP contribution is -2.31. The molecule has 0 aromatic heterocycles. The van der Waals surface area contributed by atoms with Crippen LogP contribution in [-0.2, 0) is 0 Å². The van der Waals surface area contributed by atoms with Crippen molar-refractivity contribution in [3.05, 3.63) is 42.5 Å². The topological polar surface area (TPSA) is 24.4 Å². The van der Waals surface area contributed by atoms with E-state index in [1.807, 2.05) is 11.8 Å². The van der Waals surface area contributed by atoms with Gasteiger partial charge in [-0.2, -0.15) is 0 Å². The summed E-state index contributed by atoms with van der Waals surface area (Å²) < 4.78 is 0. The van der Waals surface area contributed by atoms with E-state index in [0.717, 1.165) is 16.8 Å². The lowest BCUT2D eigenvalue weighted by Gasteiger charge is -2.32. The minimum Gasteiger partial charge on any atom is -0.335 e. The molecule has 2 atom stereocenters. The zero-order valence-corrected chi connectivity index (χ0v) is 12.9. The van der Waals surface area contributed by atoms with Gasteiger partial charge in [-0.25, -0.2) is 0 Å². The molecule has 1 saturated carbocycles. The first-order valence-electron chi connectivity index (χ1n) is 7.85. The van der Waals surface area contributed by atoms with Crippen LogP contribution in [-0.4, -0.2) is 17.0 Å². The van der Waals surface area contributed by atoms with Gasteiger partial charge < -0.3 is 5.32 Å². The average molecular weight is 296 g/mol. The smallest absolute Gasteiger partial charge is 0.161 e. The SMILES string of the molecule is c1ccc2cc(NC3=NC4CCCCC4CS3)ccc2c1. The standard InChI is InChI=1S/C18H20N2S/c1-2-6-14-11-16(10-9-13(14)5-1)19-18-20-17-8-4-3-7-15(17)12-21-18/h1-2,5-6,9-11,15,17H,3-4,7-8,12H2,(H,19,20). The van der Waals surface area contributed by atoms with Crippen molar-refractivity contribution in [1.82, 2.24) is 0 Å². The first-order valence-corrected chi connectivity index (χ1v) is 8.83. The van der Waals surface area contributed by atoms with Crippen molar-refractivity contribution >= 4 is 33.4 Å². The Bertz CT molecular complexity index is 680. The van der Waals surface area contributed by atoms with Crippen molar-refractivity contribution in [1.29, 1.82) is 0 Å². The van der Waals surface area contributed by atoms with E-state index in [0.29, 0.717) is 6.04 Å². The van der Waals surface area contributed by atoms with E-state index in [-0.39, 0.29) is 0 Å². The Morgan fingerprint density at radius 3 is 2.81 bits per heavy atom. The molecular weight excluding hydrogens is 276 g/mol. The number of thioether (sulfide) groups is 1. The normalized spacial score (nSPS) is 25.2. The molecule has 2 aliphatic rings. The first-order chi connectivity index (χ1) is 10.4. The van der Waals surface area contributed by atoms with Crippen LogP contribution in [0.25, 0.3) is 10.8 Å². The van der Waals surface area contributed by atoms with E-state index in [1.165, 1.54) is 42.2 Å². The molecule has 108 valence electrons. The number of benzene rings is 2. The van der Waals surface area contributed by atoms with E-state index >= 15 is 0 Å². The molecule has 0 spiro atoms. The number of fused-ring (bicyclic) bond motifs is 2. The van der Waals surface area contributed by atoms with Crippen molar-refractivity contribution in [3.8, 4) is 0 Å². The molecule has 0 saturated heterocycles. The summed E-state index contributed by atoms with van der Waals surface area (Å²) in [5.74, 6) is 2.04. The zero-order chi connectivity index (χ0) is 14.1. The zero-order valence-electron chi connectivity index (χ0n) is 12.1. The highest BCUT2D eigenvalue weighted by Crippen LogP contribution is 2.34. The second-order valence-electron chi connectivity index (χ2n) is 6.04. The molecule has 4 rings (SSSR count). The molecule has 0 bridgehead atoms. The van der Waals surface area contributed by atoms with Gasteiger partial charge >= 0.3 is 0 Å². The third-order valence-corrected chi connectivity index (χ3v) is 5.66. The monoisotopic (exact) mass is 296 g/mol. The summed E-state index contributed by atoms with van der Waals surface area (Å²) in [5, 5.41) is 7.19. The van der Waals surface area contributed by atoms with Crippen LogP contribution in [0.4, 0.5) is 5.69 Å². The molecule has 1 N–H and O–H groups in total. The lowest BCUT2D eigenvalue weighted by molar-refractivity contribution is 0.336. The Kier molecular flexibility index (Phi) is 3.60. The minimum absolute atomic E-state index is 0.558. The van der Waals surface area contributed by atoms with Crippen molar-refractivity contribution < 1.29 is 0 Å². The summed E-state index contributed by atoms with van der Waals surface area (Å²) >= 11 is 1.89. The minimum atomic E-state index is 0.558. The van der Waals surface area contributed by atoms with E-state index in [9.17, 15) is 0 Å². The van der Waals surface area contributed by atoms with Gasteiger partial charge in [0.1, 0.15) is 0 Å². The molecule has 2 aromatic carbocycles. The van der Waals surface area contributed by atoms with Crippen LogP contribution in [0.3, 0.4) is 0 Å². The Morgan fingerprint density at radius 2 is 1.86 bits per heavy atom. The van der Waals surface area contributed by atoms with Gasteiger partial charge in [0.25, 0.3) is 0 Å². The van der Waals surface area contributed by atoms with Crippen molar-refractivity contribution in [2.75, 3.05) is 11.1 Å². The molecule has 1 aliphatic heterocycles. The molecule has 0 radical (unpaired) electrons. The largest absolute Gasteiger partial charge is 0.335 e. The number of amidine groups is 1. The molecule has 2 aromatic rings. The average Bonchev–Trinajstić information content (AvgIpc) is 2.55. The number of rotatable bonds is 1. The van der Waals surface area contributed by atoms with Gasteiger partial charge in [0.2, 0.25) is 0 Å². The van der Waals surface area contributed by atoms with Crippen LogP contribution in [0, 0.1) is 5.92 Å². The van der Waals surface area contributed by atoms with Gasteiger partial charge in [0.05, 0.1) is 6.04 Å². The van der Waals surface area contributed by atoms with Gasteiger partial charge in [0.15, 0.2) is 5.17 Å². The molecule has 1 heterocycles. The third-order valence-electron chi connectivity index (χ3n) is 4.59. The summed E-state index contributed by atoms with van der Waals surface area (Å²) in [6.45, 7) is 0. The number of hydrogen-bond donors (Lipinski definition) is 1. The number of nitrogens with zero attached hydrogens (tertiary/aromatic N) is 1. The molecular formula is C18H20N2S. The van der Waals surface area contributed by atoms with Gasteiger partial charge in [-0.3, -0.25) is 4.99 Å². The van der Waals surface area contributed by atoms with E-state index in [4.69, 9.17) is 4.99 Å². The lowest BCUT2D eigenvalue weighted by atomic mass is 9.86. The second-order valence-corrected chi connectivity index (χ2v) is 7.05. The molecule has 0 amide bonds. The number of hydrogen-bond acceptors (Lipinski definition) is 3. The Balaban J connectivity index is 1.55. The Morgan fingerprint density at radius 1 is 1.00 bits per heavy atom. The fourth-order valence-corrected chi connectivity index (χ4v) is 4.55. The summed E-state index contributed by atoms with van der Waals surface area (Å²) in [5.41, 5.74) is 1.15. The molecule has 2 nitrogen and oxygen atoms in total. The van der Waals surface area contributed by atoms with Gasteiger partial charge in [0, 0.05) is 11.4 Å². The number of aliphatic imine (C=N–C) groups is 1. The van der Waals surface area contributed by atoms with Crippen LogP contribution in [0.2, 0.25) is 0 Å². The van der Waals surface area contributed by atoms with Crippen LogP contribution < -0.4 is 5.32 Å². The van der Waals surface area contributed by atoms with Crippen molar-refractivity contribution in [2.24, 2.45) is 10.9 Å². The third kappa shape index (κ3) is 2.80. The van der Waals surface area contributed by atoms with Crippen molar-refractivity contribution in [2.45, 2.75) is 31.7 Å².